The van der Waals surface area contributed by atoms with Gasteiger partial charge in [-0.2, -0.15) is 0 Å². The van der Waals surface area contributed by atoms with Gasteiger partial charge >= 0.3 is 0 Å². The average Bonchev–Trinajstić information content (AvgIpc) is 2.97. The summed E-state index contributed by atoms with van der Waals surface area (Å²) in [6, 6.07) is 3.37. The first-order chi connectivity index (χ1) is 13.7. The minimum Gasteiger partial charge on any atom is -0.384 e. The molecule has 0 unspecified atom stereocenters. The van der Waals surface area contributed by atoms with Crippen LogP contribution in [0.1, 0.15) is 12.7 Å². The molecule has 8 nitrogen and oxygen atoms in total. The van der Waals surface area contributed by atoms with Crippen LogP contribution < -0.4 is 10.6 Å². The van der Waals surface area contributed by atoms with Crippen molar-refractivity contribution in [3.8, 4) is 0 Å². The molecule has 1 aliphatic rings. The number of nitrogens with one attached hydrogen (secondary N) is 1. The van der Waals surface area contributed by atoms with Crippen molar-refractivity contribution in [2.24, 2.45) is 0 Å². The van der Waals surface area contributed by atoms with Gasteiger partial charge in [-0.3, -0.25) is 0 Å². The highest BCUT2D eigenvalue weighted by molar-refractivity contribution is 7.92. The number of ether oxygens (including phenoxy) is 1. The number of nitrogens with two attached hydrogens (primary N) is 1. The summed E-state index contributed by atoms with van der Waals surface area (Å²) in [5.74, 6) is -0.179. The number of nitrogen functional groups attached to an aromatic ring is 1. The summed E-state index contributed by atoms with van der Waals surface area (Å²) in [5.41, 5.74) is 6.55. The summed E-state index contributed by atoms with van der Waals surface area (Å²) in [5, 5.41) is 0.0928. The fourth-order valence-corrected chi connectivity index (χ4v) is 5.16. The van der Waals surface area contributed by atoms with Crippen LogP contribution in [0.15, 0.2) is 28.0 Å². The molecule has 0 bridgehead atoms. The minimum atomic E-state index is -4.30. The fourth-order valence-electron chi connectivity index (χ4n) is 3.47. The molecule has 4 rings (SSSR count). The van der Waals surface area contributed by atoms with E-state index >= 15 is 0 Å². The summed E-state index contributed by atoms with van der Waals surface area (Å²) in [4.78, 5) is 12.9. The van der Waals surface area contributed by atoms with Crippen LogP contribution in [0.4, 0.5) is 16.0 Å². The Balaban J connectivity index is 1.93. The molecule has 0 saturated carbocycles. The highest BCUT2D eigenvalue weighted by Crippen LogP contribution is 2.37. The number of aromatic amines is 1. The average molecular weight is 440 g/mol. The number of halogens is 2. The van der Waals surface area contributed by atoms with E-state index in [-0.39, 0.29) is 27.4 Å². The monoisotopic (exact) mass is 439 g/mol. The summed E-state index contributed by atoms with van der Waals surface area (Å²) in [6.07, 6.45) is -0.00672. The maximum absolute atomic E-state index is 14.4. The van der Waals surface area contributed by atoms with Crippen molar-refractivity contribution >= 4 is 44.1 Å². The van der Waals surface area contributed by atoms with Gasteiger partial charge in [-0.25, -0.2) is 22.8 Å². The quantitative estimate of drug-likeness (QED) is 0.644. The molecule has 154 valence electrons. The van der Waals surface area contributed by atoms with Gasteiger partial charge in [-0.15, -0.1) is 0 Å². The van der Waals surface area contributed by atoms with Crippen molar-refractivity contribution in [1.82, 2.24) is 15.0 Å². The van der Waals surface area contributed by atoms with Crippen LogP contribution in [0, 0.1) is 12.7 Å². The number of benzene rings is 1. The third-order valence-corrected chi connectivity index (χ3v) is 6.81. The first kappa shape index (κ1) is 19.9. The van der Waals surface area contributed by atoms with Crippen molar-refractivity contribution in [3.63, 3.8) is 0 Å². The third kappa shape index (κ3) is 3.41. The third-order valence-electron chi connectivity index (χ3n) is 4.71. The second-order valence-electron chi connectivity index (χ2n) is 6.89. The summed E-state index contributed by atoms with van der Waals surface area (Å²) >= 11 is 5.76. The van der Waals surface area contributed by atoms with E-state index in [2.05, 4.69) is 15.0 Å². The normalized spacial score (nSPS) is 17.8. The molecule has 1 saturated heterocycles. The van der Waals surface area contributed by atoms with E-state index in [1.165, 1.54) is 6.07 Å². The van der Waals surface area contributed by atoms with Gasteiger partial charge in [0.15, 0.2) is 5.82 Å². The lowest BCUT2D eigenvalue weighted by Crippen LogP contribution is -2.41. The number of nitrogens with zero attached hydrogens (tertiary/aromatic N) is 3. The van der Waals surface area contributed by atoms with Gasteiger partial charge in [-0.05, 0) is 32.0 Å². The molecule has 11 heteroatoms. The number of anilines is 2. The van der Waals surface area contributed by atoms with E-state index in [0.717, 1.165) is 12.1 Å². The molecular formula is C18H19ClFN5O3S. The number of hydrogen-bond acceptors (Lipinski definition) is 7. The summed E-state index contributed by atoms with van der Waals surface area (Å²) in [6.45, 7) is 5.29. The minimum absolute atomic E-state index is 0.00672. The summed E-state index contributed by atoms with van der Waals surface area (Å²) in [7, 11) is -4.30. The Morgan fingerprint density at radius 1 is 1.38 bits per heavy atom. The predicted octanol–water partition coefficient (Wildman–Crippen LogP) is 2.70. The first-order valence-electron chi connectivity index (χ1n) is 8.91. The van der Waals surface area contributed by atoms with Crippen LogP contribution in [-0.2, 0) is 14.6 Å². The number of aromatic nitrogens is 3. The van der Waals surface area contributed by atoms with Crippen LogP contribution in [0.3, 0.4) is 0 Å². The molecule has 1 fully saturated rings. The molecule has 0 spiro atoms. The number of sulfone groups is 1. The van der Waals surface area contributed by atoms with Crippen LogP contribution in [0.25, 0.3) is 11.0 Å². The molecular weight excluding hydrogens is 421 g/mol. The lowest BCUT2D eigenvalue weighted by Gasteiger charge is -2.32. The van der Waals surface area contributed by atoms with E-state index in [4.69, 9.17) is 22.1 Å². The zero-order valence-electron chi connectivity index (χ0n) is 15.7. The van der Waals surface area contributed by atoms with Crippen molar-refractivity contribution < 1.29 is 17.5 Å². The van der Waals surface area contributed by atoms with Gasteiger partial charge in [-0.1, -0.05) is 11.6 Å². The Labute approximate surface area is 171 Å². The number of morpholine rings is 1. The van der Waals surface area contributed by atoms with Crippen molar-refractivity contribution in [1.29, 1.82) is 0 Å². The Bertz CT molecular complexity index is 1210. The SMILES string of the molecule is Cc1nc(N2CCO[C@@H](C)C2)c2[nH]c(N)c(S(=O)(=O)c3ccc(Cl)cc3F)c2n1. The molecule has 1 aliphatic heterocycles. The van der Waals surface area contributed by atoms with Gasteiger partial charge < -0.3 is 20.4 Å². The Hall–Kier alpha value is -2.43. The predicted molar refractivity (Wildman–Crippen MR) is 108 cm³/mol. The van der Waals surface area contributed by atoms with Crippen molar-refractivity contribution in [3.05, 3.63) is 34.9 Å². The molecule has 0 radical (unpaired) electrons. The molecule has 0 amide bonds. The molecule has 1 aromatic carbocycles. The smallest absolute Gasteiger partial charge is 0.215 e. The van der Waals surface area contributed by atoms with E-state index in [1.807, 2.05) is 11.8 Å². The number of rotatable bonds is 3. The van der Waals surface area contributed by atoms with E-state index in [9.17, 15) is 12.8 Å². The molecule has 29 heavy (non-hydrogen) atoms. The topological polar surface area (TPSA) is 114 Å². The van der Waals surface area contributed by atoms with Crippen molar-refractivity contribution in [2.45, 2.75) is 29.7 Å². The Kier molecular flexibility index (Phi) is 4.88. The van der Waals surface area contributed by atoms with E-state index < -0.39 is 20.5 Å². The van der Waals surface area contributed by atoms with E-state index in [1.54, 1.807) is 6.92 Å². The molecule has 3 aromatic rings. The van der Waals surface area contributed by atoms with Gasteiger partial charge in [0.05, 0.1) is 12.7 Å². The fraction of sp³-hybridized carbons (Fsp3) is 0.333. The van der Waals surface area contributed by atoms with Crippen molar-refractivity contribution in [2.75, 3.05) is 30.3 Å². The number of H-pyrrole nitrogens is 1. The van der Waals surface area contributed by atoms with Crippen LogP contribution in [0.5, 0.6) is 0 Å². The maximum Gasteiger partial charge on any atom is 0.215 e. The van der Waals surface area contributed by atoms with Gasteiger partial charge in [0.1, 0.15) is 38.3 Å². The molecule has 0 aliphatic carbocycles. The molecule has 1 atom stereocenters. The maximum atomic E-state index is 14.4. The molecule has 3 heterocycles. The van der Waals surface area contributed by atoms with Crippen LogP contribution in [0.2, 0.25) is 5.02 Å². The summed E-state index contributed by atoms with van der Waals surface area (Å²) < 4.78 is 46.4. The lowest BCUT2D eigenvalue weighted by atomic mass is 10.3. The van der Waals surface area contributed by atoms with Gasteiger partial charge in [0, 0.05) is 18.1 Å². The first-order valence-corrected chi connectivity index (χ1v) is 10.8. The number of hydrogen-bond donors (Lipinski definition) is 2. The standard InChI is InChI=1S/C18H19ClFN5O3S/c1-9-8-25(5-6-28-9)18-15-14(22-10(2)23-18)16(17(21)24-15)29(26,27)13-4-3-11(19)7-12(13)20/h3-4,7,9,24H,5-6,8,21H2,1-2H3/t9-/m0/s1. The van der Waals surface area contributed by atoms with Gasteiger partial charge in [0.2, 0.25) is 9.84 Å². The molecule has 2 aromatic heterocycles. The zero-order valence-corrected chi connectivity index (χ0v) is 17.3. The van der Waals surface area contributed by atoms with Crippen LogP contribution >= 0.6 is 11.6 Å². The highest BCUT2D eigenvalue weighted by atomic mass is 35.5. The number of fused-ring (bicyclic) bond motifs is 1. The largest absolute Gasteiger partial charge is 0.384 e. The van der Waals surface area contributed by atoms with Crippen LogP contribution in [-0.4, -0.2) is 49.2 Å². The zero-order chi connectivity index (χ0) is 20.9. The van der Waals surface area contributed by atoms with Gasteiger partial charge in [0.25, 0.3) is 0 Å². The second-order valence-corrected chi connectivity index (χ2v) is 9.18. The Morgan fingerprint density at radius 3 is 2.83 bits per heavy atom. The van der Waals surface area contributed by atoms with E-state index in [0.29, 0.717) is 36.9 Å². The Morgan fingerprint density at radius 2 is 2.14 bits per heavy atom. The lowest BCUT2D eigenvalue weighted by molar-refractivity contribution is 0.0530. The highest BCUT2D eigenvalue weighted by Gasteiger charge is 2.32. The number of aryl methyl sites for hydroxylation is 1. The second kappa shape index (κ2) is 7.12. The molecule has 3 N–H and O–H groups in total.